The van der Waals surface area contributed by atoms with Crippen molar-refractivity contribution < 1.29 is 23.8 Å². The molecule has 242 valence electrons. The monoisotopic (exact) mass is 628 g/mol. The van der Waals surface area contributed by atoms with Crippen LogP contribution in [0.3, 0.4) is 0 Å². The predicted octanol–water partition coefficient (Wildman–Crippen LogP) is 5.09. The molecule has 46 heavy (non-hydrogen) atoms. The number of aryl methyl sites for hydroxylation is 2. The zero-order valence-corrected chi connectivity index (χ0v) is 26.3. The van der Waals surface area contributed by atoms with E-state index in [2.05, 4.69) is 31.7 Å². The highest BCUT2D eigenvalue weighted by Crippen LogP contribution is 2.33. The van der Waals surface area contributed by atoms with Crippen LogP contribution in [0.2, 0.25) is 0 Å². The lowest BCUT2D eigenvalue weighted by molar-refractivity contribution is 0.0342. The lowest BCUT2D eigenvalue weighted by Gasteiger charge is -2.29. The van der Waals surface area contributed by atoms with Crippen molar-refractivity contribution in [1.29, 1.82) is 0 Å². The minimum Gasteiger partial charge on any atom is -0.508 e. The van der Waals surface area contributed by atoms with Crippen LogP contribution in [0, 0.1) is 12.7 Å². The van der Waals surface area contributed by atoms with Crippen LogP contribution in [0.4, 0.5) is 4.39 Å². The van der Waals surface area contributed by atoms with E-state index in [-0.39, 0.29) is 23.2 Å². The van der Waals surface area contributed by atoms with Crippen molar-refractivity contribution in [3.8, 4) is 28.5 Å². The number of ether oxygens (including phenoxy) is 2. The summed E-state index contributed by atoms with van der Waals surface area (Å²) in [6.45, 7) is 6.43. The number of nitrogens with zero attached hydrogens (tertiary/aromatic N) is 4. The zero-order valence-electron chi connectivity index (χ0n) is 26.3. The summed E-state index contributed by atoms with van der Waals surface area (Å²) < 4.78 is 27.8. The van der Waals surface area contributed by atoms with Crippen molar-refractivity contribution in [2.45, 2.75) is 57.8 Å². The van der Waals surface area contributed by atoms with Crippen molar-refractivity contribution in [1.82, 2.24) is 30.3 Å². The summed E-state index contributed by atoms with van der Waals surface area (Å²) in [7, 11) is 1.94. The summed E-state index contributed by atoms with van der Waals surface area (Å²) in [6.07, 6.45) is 4.50. The molecule has 3 N–H and O–H groups in total. The molecule has 1 aliphatic heterocycles. The summed E-state index contributed by atoms with van der Waals surface area (Å²) in [5.41, 5.74) is 5.02. The van der Waals surface area contributed by atoms with E-state index in [4.69, 9.17) is 9.47 Å². The van der Waals surface area contributed by atoms with Gasteiger partial charge in [-0.1, -0.05) is 18.2 Å². The Morgan fingerprint density at radius 1 is 1.07 bits per heavy atom. The average molecular weight is 629 g/mol. The number of morpholine rings is 1. The number of pyridine rings is 1. The molecule has 0 radical (unpaired) electrons. The molecule has 10 nitrogen and oxygen atoms in total. The number of rotatable bonds is 10. The Kier molecular flexibility index (Phi) is 9.91. The molecular weight excluding hydrogens is 587 g/mol. The maximum atomic E-state index is 14.3. The van der Waals surface area contributed by atoms with E-state index in [1.807, 2.05) is 42.9 Å². The number of halogens is 1. The molecule has 0 spiro atoms. The van der Waals surface area contributed by atoms with Crippen LogP contribution in [0.5, 0.6) is 17.4 Å². The molecule has 3 heterocycles. The van der Waals surface area contributed by atoms with Gasteiger partial charge in [0.25, 0.3) is 5.91 Å². The second-order valence-corrected chi connectivity index (χ2v) is 12.2. The van der Waals surface area contributed by atoms with Crippen molar-refractivity contribution in [2.75, 3.05) is 26.3 Å². The molecule has 0 unspecified atom stereocenters. The van der Waals surface area contributed by atoms with Gasteiger partial charge in [-0.3, -0.25) is 14.4 Å². The third-order valence-corrected chi connectivity index (χ3v) is 8.81. The van der Waals surface area contributed by atoms with Gasteiger partial charge in [-0.2, -0.15) is 5.10 Å². The molecular formula is C35H41FN6O4. The van der Waals surface area contributed by atoms with Crippen molar-refractivity contribution >= 4 is 5.91 Å². The first kappa shape index (κ1) is 31.7. The smallest absolute Gasteiger partial charge is 0.257 e. The van der Waals surface area contributed by atoms with E-state index in [0.717, 1.165) is 73.0 Å². The van der Waals surface area contributed by atoms with Crippen molar-refractivity contribution in [3.63, 3.8) is 0 Å². The van der Waals surface area contributed by atoms with Crippen LogP contribution in [0.25, 0.3) is 11.1 Å². The van der Waals surface area contributed by atoms with Gasteiger partial charge in [0.2, 0.25) is 5.88 Å². The number of aromatic hydroxyl groups is 1. The molecule has 2 aliphatic rings. The molecule has 11 heteroatoms. The number of carbonyl (C=O) groups excluding carboxylic acids is 1. The number of hydrogen-bond donors (Lipinski definition) is 3. The van der Waals surface area contributed by atoms with Crippen LogP contribution in [-0.4, -0.2) is 69.1 Å². The van der Waals surface area contributed by atoms with Gasteiger partial charge in [-0.25, -0.2) is 9.37 Å². The highest BCUT2D eigenvalue weighted by atomic mass is 19.1. The number of amides is 1. The second kappa shape index (κ2) is 14.4. The van der Waals surface area contributed by atoms with Crippen LogP contribution in [-0.2, 0) is 24.9 Å². The van der Waals surface area contributed by atoms with Crippen LogP contribution in [0.15, 0.2) is 60.8 Å². The fourth-order valence-electron chi connectivity index (χ4n) is 6.18. The average Bonchev–Trinajstić information content (AvgIpc) is 3.38. The number of phenols is 1. The molecule has 4 aromatic rings. The molecule has 6 rings (SSSR count). The van der Waals surface area contributed by atoms with E-state index in [9.17, 15) is 14.3 Å². The summed E-state index contributed by atoms with van der Waals surface area (Å²) in [5.74, 6) is -0.317. The Labute approximate surface area is 268 Å². The fourth-order valence-corrected chi connectivity index (χ4v) is 6.18. The van der Waals surface area contributed by atoms with E-state index in [0.29, 0.717) is 38.1 Å². The molecule has 1 aliphatic carbocycles. The molecule has 2 aromatic heterocycles. The Hall–Kier alpha value is -4.32. The van der Waals surface area contributed by atoms with Crippen molar-refractivity contribution in [3.05, 3.63) is 89.1 Å². The first-order chi connectivity index (χ1) is 22.3. The van der Waals surface area contributed by atoms with Gasteiger partial charge in [0.05, 0.1) is 25.1 Å². The summed E-state index contributed by atoms with van der Waals surface area (Å²) in [5, 5.41) is 21.4. The SMILES string of the molecule is Cc1cc(CNC2CCC(NC(=O)c3cc(F)cnc3Oc3cccc(-c4ccc(O)cc4CN4CCOCC4)c3)CC2)nn1C. The van der Waals surface area contributed by atoms with Crippen LogP contribution >= 0.6 is 0 Å². The van der Waals surface area contributed by atoms with Gasteiger partial charge in [-0.15, -0.1) is 0 Å². The molecule has 0 atom stereocenters. The maximum absolute atomic E-state index is 14.3. The Morgan fingerprint density at radius 3 is 2.61 bits per heavy atom. The summed E-state index contributed by atoms with van der Waals surface area (Å²) in [6, 6.07) is 16.4. The van der Waals surface area contributed by atoms with Gasteiger partial charge in [0, 0.05) is 51.0 Å². The number of hydrogen-bond acceptors (Lipinski definition) is 8. The Balaban J connectivity index is 1.10. The molecule has 0 bridgehead atoms. The first-order valence-electron chi connectivity index (χ1n) is 15.9. The minimum atomic E-state index is -0.610. The van der Waals surface area contributed by atoms with Gasteiger partial charge in [0.15, 0.2) is 0 Å². The molecule has 2 aromatic carbocycles. The van der Waals surface area contributed by atoms with Gasteiger partial charge in [-0.05, 0) is 85.7 Å². The number of carbonyl (C=O) groups is 1. The highest BCUT2D eigenvalue weighted by molar-refractivity contribution is 5.96. The summed E-state index contributed by atoms with van der Waals surface area (Å²) in [4.78, 5) is 19.8. The number of aromatic nitrogens is 3. The minimum absolute atomic E-state index is 0.0264. The predicted molar refractivity (Wildman–Crippen MR) is 172 cm³/mol. The molecule has 1 saturated carbocycles. The summed E-state index contributed by atoms with van der Waals surface area (Å²) >= 11 is 0. The molecule has 1 amide bonds. The molecule has 2 fully saturated rings. The number of benzene rings is 2. The topological polar surface area (TPSA) is 114 Å². The third-order valence-electron chi connectivity index (χ3n) is 8.81. The number of phenolic OH excluding ortho intramolecular Hbond substituents is 1. The maximum Gasteiger partial charge on any atom is 0.257 e. The first-order valence-corrected chi connectivity index (χ1v) is 15.9. The highest BCUT2D eigenvalue weighted by Gasteiger charge is 2.25. The standard InChI is InChI=1S/C35H41FN6O4/c1-23-16-29(40-41(23)2)21-37-27-6-8-28(9-7-27)39-34(44)33-19-26(36)20-38-35(33)46-31-5-3-4-24(18-31)32-11-10-30(43)17-25(32)22-42-12-14-45-15-13-42/h3-5,10-11,16-20,27-28,37,43H,6-9,12-15,21-22H2,1-2H3,(H,39,44). The molecule has 1 saturated heterocycles. The normalized spacial score (nSPS) is 18.8. The zero-order chi connectivity index (χ0) is 32.0. The van der Waals surface area contributed by atoms with Gasteiger partial charge < -0.3 is 25.2 Å². The van der Waals surface area contributed by atoms with Crippen LogP contribution in [0.1, 0.15) is 53.0 Å². The lowest BCUT2D eigenvalue weighted by Crippen LogP contribution is -2.42. The second-order valence-electron chi connectivity index (χ2n) is 12.2. The van der Waals surface area contributed by atoms with Gasteiger partial charge >= 0.3 is 0 Å². The van der Waals surface area contributed by atoms with E-state index >= 15 is 0 Å². The van der Waals surface area contributed by atoms with Crippen LogP contribution < -0.4 is 15.4 Å². The Morgan fingerprint density at radius 2 is 1.85 bits per heavy atom. The van der Waals surface area contributed by atoms with Crippen molar-refractivity contribution in [2.24, 2.45) is 7.05 Å². The quantitative estimate of drug-likeness (QED) is 0.223. The largest absolute Gasteiger partial charge is 0.508 e. The number of nitrogens with one attached hydrogen (secondary N) is 2. The van der Waals surface area contributed by atoms with E-state index in [1.54, 1.807) is 18.2 Å². The fraction of sp³-hybridized carbons (Fsp3) is 0.400. The van der Waals surface area contributed by atoms with E-state index in [1.165, 1.54) is 6.07 Å². The Bertz CT molecular complexity index is 1640. The third kappa shape index (κ3) is 7.90. The van der Waals surface area contributed by atoms with Gasteiger partial charge in [0.1, 0.15) is 22.9 Å². The lowest BCUT2D eigenvalue weighted by atomic mass is 9.91. The van der Waals surface area contributed by atoms with E-state index < -0.39 is 11.7 Å².